The van der Waals surface area contributed by atoms with E-state index in [0.717, 1.165) is 12.7 Å². The van der Waals surface area contributed by atoms with E-state index in [1.54, 1.807) is 24.3 Å². The van der Waals surface area contributed by atoms with E-state index in [9.17, 15) is 13.2 Å². The van der Waals surface area contributed by atoms with Crippen LogP contribution >= 0.6 is 0 Å². The molecule has 6 heteroatoms. The second kappa shape index (κ2) is 7.78. The lowest BCUT2D eigenvalue weighted by Crippen LogP contribution is -2.18. The summed E-state index contributed by atoms with van der Waals surface area (Å²) in [5.41, 5.74) is 1.65. The summed E-state index contributed by atoms with van der Waals surface area (Å²) in [6.07, 6.45) is 0. The molecule has 2 rings (SSSR count). The van der Waals surface area contributed by atoms with Crippen LogP contribution in [0.5, 0.6) is 5.75 Å². The number of carbonyl (C=O) groups is 1. The fourth-order valence-electron chi connectivity index (χ4n) is 1.97. The molecule has 0 radical (unpaired) electrons. The molecule has 0 atom stereocenters. The van der Waals surface area contributed by atoms with Crippen molar-refractivity contribution >= 4 is 15.8 Å². The molecule has 0 heterocycles. The zero-order chi connectivity index (χ0) is 16.7. The first-order chi connectivity index (χ1) is 11.0. The van der Waals surface area contributed by atoms with Crippen molar-refractivity contribution in [2.45, 2.75) is 12.4 Å². The molecule has 0 aliphatic carbocycles. The summed E-state index contributed by atoms with van der Waals surface area (Å²) in [5, 5.41) is 0. The van der Waals surface area contributed by atoms with Crippen molar-refractivity contribution in [1.82, 2.24) is 0 Å². The first kappa shape index (κ1) is 17.0. The maximum Gasteiger partial charge on any atom is 0.320 e. The molecule has 0 saturated heterocycles. The minimum Gasteiger partial charge on any atom is -0.489 e. The molecule has 0 aliphatic heterocycles. The van der Waals surface area contributed by atoms with Crippen molar-refractivity contribution in [1.29, 1.82) is 0 Å². The van der Waals surface area contributed by atoms with Gasteiger partial charge in [0.25, 0.3) is 0 Å². The Bertz CT molecular complexity index is 736. The van der Waals surface area contributed by atoms with Gasteiger partial charge in [0.15, 0.2) is 9.84 Å². The molecule has 0 saturated carbocycles. The Labute approximate surface area is 135 Å². The largest absolute Gasteiger partial charge is 0.489 e. The van der Waals surface area contributed by atoms with Gasteiger partial charge in [-0.1, -0.05) is 42.5 Å². The van der Waals surface area contributed by atoms with E-state index in [1.165, 1.54) is 0 Å². The predicted octanol–water partition coefficient (Wildman–Crippen LogP) is 2.35. The van der Waals surface area contributed by atoms with E-state index in [2.05, 4.69) is 4.74 Å². The second-order valence-corrected chi connectivity index (χ2v) is 7.09. The van der Waals surface area contributed by atoms with Crippen LogP contribution < -0.4 is 4.74 Å². The number of methoxy groups -OCH3 is 1. The van der Waals surface area contributed by atoms with Gasteiger partial charge >= 0.3 is 5.97 Å². The highest BCUT2D eigenvalue weighted by Gasteiger charge is 2.17. The molecule has 23 heavy (non-hydrogen) atoms. The van der Waals surface area contributed by atoms with Gasteiger partial charge < -0.3 is 9.47 Å². The summed E-state index contributed by atoms with van der Waals surface area (Å²) >= 11 is 0. The molecular formula is C17H18O5S. The molecule has 0 N–H and O–H groups in total. The van der Waals surface area contributed by atoms with E-state index in [-0.39, 0.29) is 5.75 Å². The number of benzene rings is 2. The number of sulfone groups is 1. The molecule has 122 valence electrons. The summed E-state index contributed by atoms with van der Waals surface area (Å²) in [6.45, 7) is 0.445. The average Bonchev–Trinajstić information content (AvgIpc) is 2.54. The fourth-order valence-corrected chi connectivity index (χ4v) is 3.25. The van der Waals surface area contributed by atoms with Crippen LogP contribution in [0.3, 0.4) is 0 Å². The third kappa shape index (κ3) is 5.75. The Morgan fingerprint density at radius 3 is 2.22 bits per heavy atom. The predicted molar refractivity (Wildman–Crippen MR) is 86.7 cm³/mol. The number of rotatable bonds is 7. The highest BCUT2D eigenvalue weighted by atomic mass is 32.2. The number of ether oxygens (including phenoxy) is 2. The SMILES string of the molecule is COC(=O)CS(=O)(=O)Cc1ccc(OCc2ccccc2)cc1. The summed E-state index contributed by atoms with van der Waals surface area (Å²) in [7, 11) is -2.37. The number of hydrogen-bond acceptors (Lipinski definition) is 5. The van der Waals surface area contributed by atoms with Gasteiger partial charge in [-0.2, -0.15) is 0 Å². The van der Waals surface area contributed by atoms with E-state index in [0.29, 0.717) is 17.9 Å². The first-order valence-corrected chi connectivity index (χ1v) is 8.83. The first-order valence-electron chi connectivity index (χ1n) is 7.01. The Morgan fingerprint density at radius 1 is 0.957 bits per heavy atom. The molecule has 5 nitrogen and oxygen atoms in total. The van der Waals surface area contributed by atoms with Crippen LogP contribution in [-0.4, -0.2) is 27.2 Å². The Kier molecular flexibility index (Phi) is 5.76. The Hall–Kier alpha value is -2.34. The fraction of sp³-hybridized carbons (Fsp3) is 0.235. The third-order valence-corrected chi connectivity index (χ3v) is 4.57. The highest BCUT2D eigenvalue weighted by molar-refractivity contribution is 7.91. The quantitative estimate of drug-likeness (QED) is 0.727. The van der Waals surface area contributed by atoms with Crippen LogP contribution in [0.1, 0.15) is 11.1 Å². The molecule has 0 unspecified atom stereocenters. The van der Waals surface area contributed by atoms with Crippen LogP contribution in [0.4, 0.5) is 0 Å². The zero-order valence-corrected chi connectivity index (χ0v) is 13.6. The maximum absolute atomic E-state index is 11.8. The van der Waals surface area contributed by atoms with Gasteiger partial charge in [0.05, 0.1) is 12.9 Å². The lowest BCUT2D eigenvalue weighted by atomic mass is 10.2. The van der Waals surface area contributed by atoms with Crippen molar-refractivity contribution in [2.24, 2.45) is 0 Å². The topological polar surface area (TPSA) is 69.7 Å². The molecule has 2 aromatic rings. The molecule has 0 fully saturated rings. The molecule has 2 aromatic carbocycles. The molecule has 0 aromatic heterocycles. The smallest absolute Gasteiger partial charge is 0.320 e. The molecule has 0 aliphatic rings. The summed E-state index contributed by atoms with van der Waals surface area (Å²) < 4.78 is 33.7. The van der Waals surface area contributed by atoms with Crippen LogP contribution in [0.25, 0.3) is 0 Å². The van der Waals surface area contributed by atoms with Gasteiger partial charge in [-0.3, -0.25) is 4.79 Å². The van der Waals surface area contributed by atoms with E-state index in [4.69, 9.17) is 4.74 Å². The minimum absolute atomic E-state index is 0.207. The van der Waals surface area contributed by atoms with Gasteiger partial charge in [0.2, 0.25) is 0 Å². The lowest BCUT2D eigenvalue weighted by Gasteiger charge is -2.08. The third-order valence-electron chi connectivity index (χ3n) is 3.12. The molecule has 0 bridgehead atoms. The minimum atomic E-state index is -3.53. The van der Waals surface area contributed by atoms with Crippen molar-refractivity contribution in [2.75, 3.05) is 12.9 Å². The van der Waals surface area contributed by atoms with Gasteiger partial charge in [-0.25, -0.2) is 8.42 Å². The zero-order valence-electron chi connectivity index (χ0n) is 12.8. The van der Waals surface area contributed by atoms with Crippen LogP contribution in [0, 0.1) is 0 Å². The van der Waals surface area contributed by atoms with Crippen molar-refractivity contribution in [3.8, 4) is 5.75 Å². The van der Waals surface area contributed by atoms with Gasteiger partial charge in [-0.15, -0.1) is 0 Å². The van der Waals surface area contributed by atoms with Gasteiger partial charge in [-0.05, 0) is 23.3 Å². The Morgan fingerprint density at radius 2 is 1.61 bits per heavy atom. The van der Waals surface area contributed by atoms with Crippen LogP contribution in [-0.2, 0) is 31.7 Å². The summed E-state index contributed by atoms with van der Waals surface area (Å²) in [6, 6.07) is 16.5. The highest BCUT2D eigenvalue weighted by Crippen LogP contribution is 2.16. The molecule has 0 spiro atoms. The maximum atomic E-state index is 11.8. The summed E-state index contributed by atoms with van der Waals surface area (Å²) in [4.78, 5) is 11.1. The lowest BCUT2D eigenvalue weighted by molar-refractivity contribution is -0.137. The molecule has 0 amide bonds. The van der Waals surface area contributed by atoms with E-state index < -0.39 is 21.6 Å². The second-order valence-electron chi connectivity index (χ2n) is 5.03. The summed E-state index contributed by atoms with van der Waals surface area (Å²) in [5.74, 6) is -0.924. The van der Waals surface area contributed by atoms with E-state index in [1.807, 2.05) is 30.3 Å². The average molecular weight is 334 g/mol. The van der Waals surface area contributed by atoms with Crippen molar-refractivity contribution in [3.05, 3.63) is 65.7 Å². The van der Waals surface area contributed by atoms with Crippen LogP contribution in [0.2, 0.25) is 0 Å². The number of hydrogen-bond donors (Lipinski definition) is 0. The Balaban J connectivity index is 1.93. The van der Waals surface area contributed by atoms with Crippen molar-refractivity contribution in [3.63, 3.8) is 0 Å². The number of esters is 1. The van der Waals surface area contributed by atoms with Crippen LogP contribution in [0.15, 0.2) is 54.6 Å². The standard InChI is InChI=1S/C17H18O5S/c1-21-17(18)13-23(19,20)12-15-7-9-16(10-8-15)22-11-14-5-3-2-4-6-14/h2-10H,11-13H2,1H3. The molecular weight excluding hydrogens is 316 g/mol. The van der Waals surface area contributed by atoms with E-state index >= 15 is 0 Å². The van der Waals surface area contributed by atoms with Gasteiger partial charge in [0.1, 0.15) is 18.1 Å². The normalized spacial score (nSPS) is 11.0. The van der Waals surface area contributed by atoms with Gasteiger partial charge in [0, 0.05) is 0 Å². The van der Waals surface area contributed by atoms with Crippen molar-refractivity contribution < 1.29 is 22.7 Å². The number of carbonyl (C=O) groups excluding carboxylic acids is 1. The monoisotopic (exact) mass is 334 g/mol.